The zero-order chi connectivity index (χ0) is 17.4. The third kappa shape index (κ3) is 2.59. The quantitative estimate of drug-likeness (QED) is 0.587. The van der Waals surface area contributed by atoms with Crippen LogP contribution in [0.25, 0.3) is 22.1 Å². The van der Waals surface area contributed by atoms with E-state index in [9.17, 15) is 4.79 Å². The number of imidazole rings is 2. The van der Waals surface area contributed by atoms with Crippen molar-refractivity contribution in [3.05, 3.63) is 48.5 Å². The van der Waals surface area contributed by atoms with Crippen LogP contribution in [0, 0.1) is 0 Å². The maximum atomic E-state index is 11.5. The molecule has 0 saturated heterocycles. The number of para-hydroxylation sites is 4. The first-order valence-corrected chi connectivity index (χ1v) is 8.13. The smallest absolute Gasteiger partial charge is 0.237 e. The second-order valence-corrected chi connectivity index (χ2v) is 5.77. The van der Waals surface area contributed by atoms with Crippen molar-refractivity contribution in [2.45, 2.75) is 20.0 Å². The highest BCUT2D eigenvalue weighted by molar-refractivity contribution is 5.84. The van der Waals surface area contributed by atoms with E-state index in [-0.39, 0.29) is 6.54 Å². The lowest BCUT2D eigenvalue weighted by Crippen LogP contribution is -2.20. The molecule has 7 heteroatoms. The Morgan fingerprint density at radius 1 is 0.960 bits per heavy atom. The fourth-order valence-corrected chi connectivity index (χ4v) is 3.08. The molecule has 0 spiro atoms. The molecule has 3 N–H and O–H groups in total. The van der Waals surface area contributed by atoms with E-state index < -0.39 is 5.91 Å². The summed E-state index contributed by atoms with van der Waals surface area (Å²) in [4.78, 5) is 20.8. The van der Waals surface area contributed by atoms with Gasteiger partial charge in [-0.3, -0.25) is 10.1 Å². The Balaban J connectivity index is 1.84. The van der Waals surface area contributed by atoms with E-state index in [0.29, 0.717) is 11.9 Å². The van der Waals surface area contributed by atoms with Gasteiger partial charge in [0.1, 0.15) is 6.54 Å². The minimum atomic E-state index is -0.421. The third-order valence-electron chi connectivity index (χ3n) is 4.16. The fraction of sp³-hybridized carbons (Fsp3) is 0.167. The summed E-state index contributed by atoms with van der Waals surface area (Å²) in [6, 6.07) is 15.6. The van der Waals surface area contributed by atoms with E-state index in [1.54, 1.807) is 4.57 Å². The number of fused-ring (bicyclic) bond motifs is 2. The zero-order valence-corrected chi connectivity index (χ0v) is 13.8. The minimum Gasteiger partial charge on any atom is -0.368 e. The zero-order valence-electron chi connectivity index (χ0n) is 13.8. The molecule has 0 bridgehead atoms. The van der Waals surface area contributed by atoms with E-state index in [0.717, 1.165) is 28.6 Å². The molecule has 0 aliphatic heterocycles. The predicted molar refractivity (Wildman–Crippen MR) is 97.6 cm³/mol. The number of nitrogens with zero attached hydrogens (tertiary/aromatic N) is 4. The molecular weight excluding hydrogens is 316 g/mol. The average Bonchev–Trinajstić information content (AvgIpc) is 3.12. The molecule has 0 atom stereocenters. The molecule has 7 nitrogen and oxygen atoms in total. The van der Waals surface area contributed by atoms with Crippen molar-refractivity contribution in [2.75, 3.05) is 5.32 Å². The number of benzene rings is 2. The fourth-order valence-electron chi connectivity index (χ4n) is 3.08. The monoisotopic (exact) mass is 334 g/mol. The standard InChI is InChI=1S/C18H18N6O/c1-2-23-14-9-5-3-7-12(14)20-17(23)22-18-21-13-8-4-6-10-15(13)24(18)11-16(19)25/h3-10H,2,11H2,1H3,(H2,19,25)(H,20,21,22). The highest BCUT2D eigenvalue weighted by Crippen LogP contribution is 2.25. The summed E-state index contributed by atoms with van der Waals surface area (Å²) in [6.07, 6.45) is 0. The van der Waals surface area contributed by atoms with Crippen molar-refractivity contribution >= 4 is 39.9 Å². The van der Waals surface area contributed by atoms with Crippen LogP contribution in [0.5, 0.6) is 0 Å². The lowest BCUT2D eigenvalue weighted by Gasteiger charge is -2.10. The van der Waals surface area contributed by atoms with Gasteiger partial charge >= 0.3 is 0 Å². The summed E-state index contributed by atoms with van der Waals surface area (Å²) < 4.78 is 3.85. The van der Waals surface area contributed by atoms with Crippen LogP contribution in [0.3, 0.4) is 0 Å². The summed E-state index contributed by atoms with van der Waals surface area (Å²) in [5.41, 5.74) is 9.02. The second kappa shape index (κ2) is 5.94. The molecule has 0 aliphatic rings. The maximum absolute atomic E-state index is 11.5. The normalized spacial score (nSPS) is 11.2. The first-order chi connectivity index (χ1) is 12.2. The van der Waals surface area contributed by atoms with Crippen LogP contribution in [0.4, 0.5) is 11.9 Å². The summed E-state index contributed by atoms with van der Waals surface area (Å²) in [5.74, 6) is 0.810. The Kier molecular flexibility index (Phi) is 3.61. The van der Waals surface area contributed by atoms with Crippen LogP contribution < -0.4 is 11.1 Å². The van der Waals surface area contributed by atoms with Crippen LogP contribution in [0.2, 0.25) is 0 Å². The SMILES string of the molecule is CCn1c(Nc2nc3ccccc3n2CC(N)=O)nc2ccccc21. The van der Waals surface area contributed by atoms with Crippen molar-refractivity contribution in [1.82, 2.24) is 19.1 Å². The molecule has 4 rings (SSSR count). The number of nitrogens with one attached hydrogen (secondary N) is 1. The van der Waals surface area contributed by atoms with Gasteiger partial charge < -0.3 is 14.9 Å². The number of anilines is 2. The molecule has 4 aromatic rings. The second-order valence-electron chi connectivity index (χ2n) is 5.77. The summed E-state index contributed by atoms with van der Waals surface area (Å²) >= 11 is 0. The highest BCUT2D eigenvalue weighted by Gasteiger charge is 2.16. The molecule has 126 valence electrons. The van der Waals surface area contributed by atoms with Crippen molar-refractivity contribution in [2.24, 2.45) is 5.73 Å². The molecule has 2 heterocycles. The number of carbonyl (C=O) groups is 1. The molecule has 0 radical (unpaired) electrons. The lowest BCUT2D eigenvalue weighted by atomic mass is 10.3. The Morgan fingerprint density at radius 3 is 2.04 bits per heavy atom. The molecule has 0 fully saturated rings. The van der Waals surface area contributed by atoms with Crippen LogP contribution >= 0.6 is 0 Å². The van der Waals surface area contributed by atoms with Gasteiger partial charge in [-0.25, -0.2) is 9.97 Å². The Morgan fingerprint density at radius 2 is 1.48 bits per heavy atom. The first kappa shape index (κ1) is 15.2. The third-order valence-corrected chi connectivity index (χ3v) is 4.16. The van der Waals surface area contributed by atoms with Gasteiger partial charge in [0.2, 0.25) is 17.8 Å². The van der Waals surface area contributed by atoms with E-state index in [2.05, 4.69) is 26.8 Å². The number of nitrogens with two attached hydrogens (primary N) is 1. The number of rotatable bonds is 5. The Bertz CT molecular complexity index is 1080. The number of primary amides is 1. The van der Waals surface area contributed by atoms with Gasteiger partial charge in [0.15, 0.2) is 0 Å². The van der Waals surface area contributed by atoms with Crippen molar-refractivity contribution in [3.8, 4) is 0 Å². The number of hydrogen-bond acceptors (Lipinski definition) is 4. The number of aromatic nitrogens is 4. The maximum Gasteiger partial charge on any atom is 0.237 e. The van der Waals surface area contributed by atoms with Crippen LogP contribution in [-0.2, 0) is 17.9 Å². The molecule has 2 aromatic carbocycles. The minimum absolute atomic E-state index is 0.0508. The topological polar surface area (TPSA) is 90.8 Å². The van der Waals surface area contributed by atoms with Crippen LogP contribution in [0.1, 0.15) is 6.92 Å². The number of carbonyl (C=O) groups excluding carboxylic acids is 1. The van der Waals surface area contributed by atoms with E-state index in [1.807, 2.05) is 48.5 Å². The molecule has 0 unspecified atom stereocenters. The summed E-state index contributed by atoms with van der Waals surface area (Å²) in [7, 11) is 0. The van der Waals surface area contributed by atoms with Gasteiger partial charge in [-0.15, -0.1) is 0 Å². The van der Waals surface area contributed by atoms with Crippen molar-refractivity contribution in [1.29, 1.82) is 0 Å². The van der Waals surface area contributed by atoms with Gasteiger partial charge in [-0.05, 0) is 31.2 Å². The average molecular weight is 334 g/mol. The first-order valence-electron chi connectivity index (χ1n) is 8.13. The summed E-state index contributed by atoms with van der Waals surface area (Å²) in [5, 5.41) is 3.27. The highest BCUT2D eigenvalue weighted by atomic mass is 16.1. The lowest BCUT2D eigenvalue weighted by molar-refractivity contribution is -0.118. The summed E-state index contributed by atoms with van der Waals surface area (Å²) in [6.45, 7) is 2.87. The largest absolute Gasteiger partial charge is 0.368 e. The Hall–Kier alpha value is -3.35. The van der Waals surface area contributed by atoms with Crippen molar-refractivity contribution < 1.29 is 4.79 Å². The number of aryl methyl sites for hydroxylation is 1. The number of amides is 1. The van der Waals surface area contributed by atoms with Gasteiger partial charge in [-0.2, -0.15) is 0 Å². The molecular formula is C18H18N6O. The van der Waals surface area contributed by atoms with E-state index >= 15 is 0 Å². The molecule has 0 saturated carbocycles. The molecule has 25 heavy (non-hydrogen) atoms. The molecule has 2 aromatic heterocycles. The Labute approximate surface area is 144 Å². The van der Waals surface area contributed by atoms with Crippen molar-refractivity contribution in [3.63, 3.8) is 0 Å². The van der Waals surface area contributed by atoms with Crippen LogP contribution in [-0.4, -0.2) is 25.0 Å². The van der Waals surface area contributed by atoms with E-state index in [4.69, 9.17) is 5.73 Å². The van der Waals surface area contributed by atoms with E-state index in [1.165, 1.54) is 0 Å². The molecule has 1 amide bonds. The number of hydrogen-bond donors (Lipinski definition) is 2. The van der Waals surface area contributed by atoms with Crippen LogP contribution in [0.15, 0.2) is 48.5 Å². The van der Waals surface area contributed by atoms with Gasteiger partial charge in [0, 0.05) is 6.54 Å². The van der Waals surface area contributed by atoms with Gasteiger partial charge in [0.25, 0.3) is 0 Å². The molecule has 0 aliphatic carbocycles. The predicted octanol–water partition coefficient (Wildman–Crippen LogP) is 2.63. The van der Waals surface area contributed by atoms with Gasteiger partial charge in [0.05, 0.1) is 22.1 Å². The van der Waals surface area contributed by atoms with Gasteiger partial charge in [-0.1, -0.05) is 24.3 Å².